The van der Waals surface area contributed by atoms with Crippen LogP contribution in [-0.4, -0.2) is 57.9 Å². The van der Waals surface area contributed by atoms with Gasteiger partial charge in [0.15, 0.2) is 0 Å². The highest BCUT2D eigenvalue weighted by Gasteiger charge is 2.25. The van der Waals surface area contributed by atoms with Gasteiger partial charge in [-0.05, 0) is 31.0 Å². The number of rotatable bonds is 4. The number of piperidine rings is 1. The van der Waals surface area contributed by atoms with Gasteiger partial charge < -0.3 is 14.6 Å². The Kier molecular flexibility index (Phi) is 4.59. The first-order valence-electron chi connectivity index (χ1n) is 8.85. The van der Waals surface area contributed by atoms with Gasteiger partial charge in [0.1, 0.15) is 11.5 Å². The molecule has 0 bridgehead atoms. The summed E-state index contributed by atoms with van der Waals surface area (Å²) in [4.78, 5) is 2.32. The lowest BCUT2D eigenvalue weighted by Crippen LogP contribution is -2.35. The lowest BCUT2D eigenvalue weighted by Gasteiger charge is -2.28. The molecule has 7 heteroatoms. The van der Waals surface area contributed by atoms with Crippen LogP contribution in [0, 0.1) is 0 Å². The summed E-state index contributed by atoms with van der Waals surface area (Å²) in [5, 5.41) is 18.3. The van der Waals surface area contributed by atoms with E-state index in [1.54, 1.807) is 7.11 Å². The second-order valence-corrected chi connectivity index (χ2v) is 6.75. The minimum Gasteiger partial charge on any atom is -0.497 e. The van der Waals surface area contributed by atoms with Crippen LogP contribution in [0.4, 0.5) is 0 Å². The monoisotopic (exact) mass is 344 g/mol. The summed E-state index contributed by atoms with van der Waals surface area (Å²) >= 11 is 0. The van der Waals surface area contributed by atoms with Crippen LogP contribution in [0.15, 0.2) is 24.4 Å². The largest absolute Gasteiger partial charge is 0.497 e. The first-order valence-corrected chi connectivity index (χ1v) is 8.85. The normalized spacial score (nSPS) is 21.6. The Morgan fingerprint density at radius 3 is 2.92 bits per heavy atom. The average Bonchev–Trinajstić information content (AvgIpc) is 3.11. The van der Waals surface area contributed by atoms with Crippen molar-refractivity contribution in [1.82, 2.24) is 19.9 Å². The molecule has 1 fully saturated rings. The number of fused-ring (bicyclic) bond motifs is 1. The van der Waals surface area contributed by atoms with E-state index in [1.165, 1.54) is 0 Å². The third kappa shape index (κ3) is 3.48. The smallest absolute Gasteiger partial charge is 0.124 e. The number of aromatic nitrogens is 3. The molecule has 2 aromatic rings. The van der Waals surface area contributed by atoms with E-state index in [2.05, 4.69) is 15.2 Å². The van der Waals surface area contributed by atoms with Gasteiger partial charge in [0.05, 0.1) is 37.8 Å². The second-order valence-electron chi connectivity index (χ2n) is 6.75. The fraction of sp³-hybridized carbons (Fsp3) is 0.556. The maximum atomic E-state index is 9.62. The molecule has 2 aliphatic heterocycles. The number of likely N-dealkylation sites (tertiary alicyclic amines) is 1. The van der Waals surface area contributed by atoms with Crippen molar-refractivity contribution in [2.75, 3.05) is 26.8 Å². The van der Waals surface area contributed by atoms with Crippen LogP contribution >= 0.6 is 0 Å². The molecular formula is C18H24N4O3. The summed E-state index contributed by atoms with van der Waals surface area (Å²) in [5.41, 5.74) is 2.05. The molecule has 1 atom stereocenters. The fourth-order valence-electron chi connectivity index (χ4n) is 3.60. The lowest BCUT2D eigenvalue weighted by atomic mass is 10.0. The van der Waals surface area contributed by atoms with Crippen molar-refractivity contribution in [2.45, 2.75) is 38.0 Å². The van der Waals surface area contributed by atoms with Gasteiger partial charge in [-0.15, -0.1) is 5.10 Å². The molecule has 7 nitrogen and oxygen atoms in total. The van der Waals surface area contributed by atoms with Gasteiger partial charge in [0, 0.05) is 31.6 Å². The molecule has 0 unspecified atom stereocenters. The van der Waals surface area contributed by atoms with E-state index in [1.807, 2.05) is 29.1 Å². The van der Waals surface area contributed by atoms with Gasteiger partial charge in [0.25, 0.3) is 0 Å². The standard InChI is InChI=1S/C18H24N4O3/c1-24-15-2-3-18-16(10-15)17(6-9-25-18)22-12-13(19-20-22)11-21-7-4-14(23)5-8-21/h2-3,10,12,14,17,23H,4-9,11H2,1H3/t17-/m1/s1. The summed E-state index contributed by atoms with van der Waals surface area (Å²) in [6, 6.07) is 6.01. The second kappa shape index (κ2) is 7.01. The van der Waals surface area contributed by atoms with Gasteiger partial charge in [-0.3, -0.25) is 4.90 Å². The molecule has 1 N–H and O–H groups in total. The molecule has 1 saturated heterocycles. The van der Waals surface area contributed by atoms with Crippen LogP contribution in [-0.2, 0) is 6.54 Å². The SMILES string of the molecule is COc1ccc2c(c1)[C@H](n1cc(CN3CCC(O)CC3)nn1)CCO2. The predicted molar refractivity (Wildman–Crippen MR) is 91.8 cm³/mol. The average molecular weight is 344 g/mol. The van der Waals surface area contributed by atoms with E-state index in [4.69, 9.17) is 9.47 Å². The summed E-state index contributed by atoms with van der Waals surface area (Å²) in [7, 11) is 1.67. The molecule has 0 spiro atoms. The summed E-state index contributed by atoms with van der Waals surface area (Å²) in [5.74, 6) is 1.71. The zero-order valence-corrected chi connectivity index (χ0v) is 14.5. The maximum Gasteiger partial charge on any atom is 0.124 e. The zero-order chi connectivity index (χ0) is 17.2. The van der Waals surface area contributed by atoms with Crippen molar-refractivity contribution in [3.05, 3.63) is 35.7 Å². The Morgan fingerprint density at radius 1 is 1.28 bits per heavy atom. The van der Waals surface area contributed by atoms with Crippen LogP contribution in [0.25, 0.3) is 0 Å². The maximum absolute atomic E-state index is 9.62. The first-order chi connectivity index (χ1) is 12.2. The Balaban J connectivity index is 1.51. The third-order valence-electron chi connectivity index (χ3n) is 5.04. The Hall–Kier alpha value is -2.12. The van der Waals surface area contributed by atoms with Crippen molar-refractivity contribution < 1.29 is 14.6 Å². The molecule has 0 amide bonds. The minimum absolute atomic E-state index is 0.114. The number of aliphatic hydroxyl groups excluding tert-OH is 1. The molecule has 25 heavy (non-hydrogen) atoms. The molecule has 3 heterocycles. The Morgan fingerprint density at radius 2 is 2.12 bits per heavy atom. The number of nitrogens with zero attached hydrogens (tertiary/aromatic N) is 4. The van der Waals surface area contributed by atoms with Crippen LogP contribution in [0.5, 0.6) is 11.5 Å². The summed E-state index contributed by atoms with van der Waals surface area (Å²) in [6.45, 7) is 3.26. The van der Waals surface area contributed by atoms with Gasteiger partial charge in [-0.25, -0.2) is 4.68 Å². The van der Waals surface area contributed by atoms with E-state index in [-0.39, 0.29) is 12.1 Å². The number of hydrogen-bond donors (Lipinski definition) is 1. The van der Waals surface area contributed by atoms with Crippen molar-refractivity contribution in [1.29, 1.82) is 0 Å². The molecule has 0 radical (unpaired) electrons. The van der Waals surface area contributed by atoms with Crippen molar-refractivity contribution in [3.63, 3.8) is 0 Å². The van der Waals surface area contributed by atoms with Crippen LogP contribution in [0.2, 0.25) is 0 Å². The molecule has 2 aliphatic rings. The predicted octanol–water partition coefficient (Wildman–Crippen LogP) is 1.62. The lowest BCUT2D eigenvalue weighted by molar-refractivity contribution is 0.0786. The van der Waals surface area contributed by atoms with E-state index >= 15 is 0 Å². The highest BCUT2D eigenvalue weighted by Crippen LogP contribution is 2.36. The summed E-state index contributed by atoms with van der Waals surface area (Å²) < 4.78 is 13.1. The van der Waals surface area contributed by atoms with Crippen LogP contribution in [0.1, 0.15) is 36.6 Å². The van der Waals surface area contributed by atoms with Gasteiger partial charge in [-0.1, -0.05) is 5.21 Å². The number of benzene rings is 1. The quantitative estimate of drug-likeness (QED) is 0.909. The molecule has 0 saturated carbocycles. The molecule has 1 aromatic heterocycles. The molecule has 134 valence electrons. The van der Waals surface area contributed by atoms with E-state index in [0.717, 1.165) is 61.7 Å². The third-order valence-corrected chi connectivity index (χ3v) is 5.04. The van der Waals surface area contributed by atoms with Gasteiger partial charge in [-0.2, -0.15) is 0 Å². The van der Waals surface area contributed by atoms with Gasteiger partial charge in [0.2, 0.25) is 0 Å². The zero-order valence-electron chi connectivity index (χ0n) is 14.5. The van der Waals surface area contributed by atoms with Crippen LogP contribution < -0.4 is 9.47 Å². The van der Waals surface area contributed by atoms with Crippen LogP contribution in [0.3, 0.4) is 0 Å². The van der Waals surface area contributed by atoms with E-state index in [0.29, 0.717) is 6.61 Å². The van der Waals surface area contributed by atoms with Crippen molar-refractivity contribution in [2.24, 2.45) is 0 Å². The van der Waals surface area contributed by atoms with Crippen molar-refractivity contribution >= 4 is 0 Å². The molecule has 0 aliphatic carbocycles. The number of aliphatic hydroxyl groups is 1. The highest BCUT2D eigenvalue weighted by molar-refractivity contribution is 5.43. The van der Waals surface area contributed by atoms with Crippen molar-refractivity contribution in [3.8, 4) is 11.5 Å². The minimum atomic E-state index is -0.152. The summed E-state index contributed by atoms with van der Waals surface area (Å²) in [6.07, 6.45) is 4.41. The van der Waals surface area contributed by atoms with E-state index in [9.17, 15) is 5.11 Å². The van der Waals surface area contributed by atoms with E-state index < -0.39 is 0 Å². The number of methoxy groups -OCH3 is 1. The topological polar surface area (TPSA) is 72.6 Å². The molecule has 4 rings (SSSR count). The Bertz CT molecular complexity index is 725. The first kappa shape index (κ1) is 16.4. The van der Waals surface area contributed by atoms with Gasteiger partial charge >= 0.3 is 0 Å². The molecule has 1 aromatic carbocycles. The molecular weight excluding hydrogens is 320 g/mol. The fourth-order valence-corrected chi connectivity index (χ4v) is 3.60. The Labute approximate surface area is 147 Å². The number of hydrogen-bond acceptors (Lipinski definition) is 6. The highest BCUT2D eigenvalue weighted by atomic mass is 16.5. The number of ether oxygens (including phenoxy) is 2.